The maximum atomic E-state index is 6.66. The lowest BCUT2D eigenvalue weighted by atomic mass is 9.70. The van der Waals surface area contributed by atoms with Gasteiger partial charge in [0.1, 0.15) is 16.6 Å². The van der Waals surface area contributed by atoms with Crippen molar-refractivity contribution in [3.8, 4) is 45.3 Å². The normalized spacial score (nSPS) is 13.0. The van der Waals surface area contributed by atoms with Crippen LogP contribution >= 0.6 is 0 Å². The Balaban J connectivity index is 1.06. The van der Waals surface area contributed by atoms with Crippen LogP contribution in [0, 0.1) is 0 Å². The minimum atomic E-state index is -0.987. The minimum absolute atomic E-state index is 0.580. The van der Waals surface area contributed by atoms with Gasteiger partial charge in [-0.05, 0) is 88.5 Å². The molecule has 0 spiro atoms. The van der Waals surface area contributed by atoms with Gasteiger partial charge in [-0.25, -0.2) is 15.0 Å². The van der Waals surface area contributed by atoms with E-state index in [4.69, 9.17) is 19.4 Å². The van der Waals surface area contributed by atoms with Crippen LogP contribution in [0.3, 0.4) is 0 Å². The molecule has 1 aliphatic rings. The van der Waals surface area contributed by atoms with Gasteiger partial charge in [0.25, 0.3) is 0 Å². The van der Waals surface area contributed by atoms with Crippen molar-refractivity contribution in [1.82, 2.24) is 24.1 Å². The van der Waals surface area contributed by atoms with Gasteiger partial charge < -0.3 is 13.6 Å². The molecule has 0 saturated carbocycles. The van der Waals surface area contributed by atoms with Crippen LogP contribution in [0.2, 0.25) is 0 Å². The van der Waals surface area contributed by atoms with Gasteiger partial charge in [0, 0.05) is 54.8 Å². The summed E-state index contributed by atoms with van der Waals surface area (Å²) in [6.45, 7) is 0. The highest BCUT2D eigenvalue weighted by molar-refractivity contribution is 6.11. The SMILES string of the molecule is c1ccc(-n2c3ccccc3c3ccc(-c4nc(-c5cccc(-n6c7ccccc7c7ccccc76)c5)nc(C5(c6cccc7oc8ccccc8c67)c6ccccc6-c6ccccc65)n4)cc32)cc1. The van der Waals surface area contributed by atoms with Crippen molar-refractivity contribution in [1.29, 1.82) is 0 Å². The van der Waals surface area contributed by atoms with Crippen molar-refractivity contribution >= 4 is 65.6 Å². The number of furan rings is 1. The third-order valence-corrected chi connectivity index (χ3v) is 14.6. The molecule has 0 atom stereocenters. The van der Waals surface area contributed by atoms with E-state index in [1.807, 2.05) is 6.07 Å². The third kappa shape index (κ3) is 5.41. The van der Waals surface area contributed by atoms with E-state index < -0.39 is 5.41 Å². The topological polar surface area (TPSA) is 61.7 Å². The van der Waals surface area contributed by atoms with Gasteiger partial charge in [-0.3, -0.25) is 0 Å². The van der Waals surface area contributed by atoms with Crippen LogP contribution in [0.4, 0.5) is 0 Å². The molecule has 15 rings (SSSR count). The Bertz CT molecular complexity index is 4340. The third-order valence-electron chi connectivity index (χ3n) is 14.6. The van der Waals surface area contributed by atoms with Gasteiger partial charge in [-0.2, -0.15) is 0 Å². The second-order valence-corrected chi connectivity index (χ2v) is 18.3. The highest BCUT2D eigenvalue weighted by Gasteiger charge is 2.50. The molecule has 326 valence electrons. The number of nitrogens with zero attached hydrogens (tertiary/aromatic N) is 5. The van der Waals surface area contributed by atoms with E-state index in [1.165, 1.54) is 16.2 Å². The summed E-state index contributed by atoms with van der Waals surface area (Å²) < 4.78 is 11.4. The zero-order chi connectivity index (χ0) is 45.9. The van der Waals surface area contributed by atoms with Gasteiger partial charge in [0.05, 0.1) is 22.1 Å². The molecule has 0 fully saturated rings. The van der Waals surface area contributed by atoms with Crippen molar-refractivity contribution in [3.63, 3.8) is 0 Å². The average molecular weight is 894 g/mol. The summed E-state index contributed by atoms with van der Waals surface area (Å²) in [5, 5.41) is 6.84. The molecule has 0 saturated heterocycles. The van der Waals surface area contributed by atoms with Crippen molar-refractivity contribution in [3.05, 3.63) is 259 Å². The van der Waals surface area contributed by atoms with Crippen molar-refractivity contribution in [2.24, 2.45) is 0 Å². The molecule has 10 aromatic carbocycles. The Kier molecular flexibility index (Phi) is 8.18. The van der Waals surface area contributed by atoms with E-state index in [0.717, 1.165) is 99.7 Å². The van der Waals surface area contributed by atoms with Crippen molar-refractivity contribution in [2.45, 2.75) is 5.41 Å². The van der Waals surface area contributed by atoms with Crippen LogP contribution in [0.5, 0.6) is 0 Å². The van der Waals surface area contributed by atoms with Crippen molar-refractivity contribution in [2.75, 3.05) is 0 Å². The molecular weight excluding hydrogens is 855 g/mol. The molecule has 6 heteroatoms. The molecule has 14 aromatic rings. The molecule has 1 aliphatic carbocycles. The Morgan fingerprint density at radius 1 is 0.329 bits per heavy atom. The first-order chi connectivity index (χ1) is 34.7. The van der Waals surface area contributed by atoms with E-state index in [2.05, 4.69) is 240 Å². The van der Waals surface area contributed by atoms with Crippen LogP contribution in [-0.4, -0.2) is 24.1 Å². The monoisotopic (exact) mass is 893 g/mol. The zero-order valence-corrected chi connectivity index (χ0v) is 37.7. The zero-order valence-electron chi connectivity index (χ0n) is 37.7. The second-order valence-electron chi connectivity index (χ2n) is 18.3. The molecular formula is C64H39N5O. The van der Waals surface area contributed by atoms with Crippen molar-refractivity contribution < 1.29 is 4.42 Å². The second kappa shape index (κ2) is 14.8. The molecule has 6 nitrogen and oxygen atoms in total. The molecule has 0 N–H and O–H groups in total. The highest BCUT2D eigenvalue weighted by atomic mass is 16.3. The Morgan fingerprint density at radius 3 is 1.49 bits per heavy atom. The molecule has 4 aromatic heterocycles. The average Bonchev–Trinajstić information content (AvgIpc) is 4.17. The number of hydrogen-bond acceptors (Lipinski definition) is 4. The number of fused-ring (bicyclic) bond motifs is 12. The maximum Gasteiger partial charge on any atom is 0.163 e. The smallest absolute Gasteiger partial charge is 0.163 e. The lowest BCUT2D eigenvalue weighted by Gasteiger charge is -2.32. The fraction of sp³-hybridized carbons (Fsp3) is 0.0156. The van der Waals surface area contributed by atoms with E-state index >= 15 is 0 Å². The summed E-state index contributed by atoms with van der Waals surface area (Å²) >= 11 is 0. The summed E-state index contributed by atoms with van der Waals surface area (Å²) in [4.78, 5) is 17.1. The number of rotatable bonds is 6. The van der Waals surface area contributed by atoms with Gasteiger partial charge in [0.15, 0.2) is 17.5 Å². The predicted molar refractivity (Wildman–Crippen MR) is 284 cm³/mol. The predicted octanol–water partition coefficient (Wildman–Crippen LogP) is 15.7. The van der Waals surface area contributed by atoms with E-state index in [-0.39, 0.29) is 0 Å². The first kappa shape index (κ1) is 38.7. The van der Waals surface area contributed by atoms with Gasteiger partial charge in [-0.15, -0.1) is 0 Å². The summed E-state index contributed by atoms with van der Waals surface area (Å²) in [5.41, 5.74) is 14.6. The number of para-hydroxylation sites is 5. The van der Waals surface area contributed by atoms with Crippen LogP contribution in [0.15, 0.2) is 241 Å². The molecule has 0 radical (unpaired) electrons. The summed E-state index contributed by atoms with van der Waals surface area (Å²) in [5.74, 6) is 1.80. The van der Waals surface area contributed by atoms with Gasteiger partial charge >= 0.3 is 0 Å². The number of hydrogen-bond donors (Lipinski definition) is 0. The molecule has 0 amide bonds. The van der Waals surface area contributed by atoms with E-state index in [0.29, 0.717) is 17.5 Å². The van der Waals surface area contributed by atoms with Crippen LogP contribution in [-0.2, 0) is 5.41 Å². The molecule has 4 heterocycles. The number of aromatic nitrogens is 5. The largest absolute Gasteiger partial charge is 0.456 e. The Labute approximate surface area is 402 Å². The number of benzene rings is 10. The fourth-order valence-corrected chi connectivity index (χ4v) is 11.7. The Morgan fingerprint density at radius 2 is 0.814 bits per heavy atom. The van der Waals surface area contributed by atoms with E-state index in [1.54, 1.807) is 0 Å². The summed E-state index contributed by atoms with van der Waals surface area (Å²) in [7, 11) is 0. The minimum Gasteiger partial charge on any atom is -0.456 e. The first-order valence-corrected chi connectivity index (χ1v) is 23.8. The first-order valence-electron chi connectivity index (χ1n) is 23.8. The van der Waals surface area contributed by atoms with E-state index in [9.17, 15) is 0 Å². The lowest BCUT2D eigenvalue weighted by Crippen LogP contribution is -2.32. The molecule has 70 heavy (non-hydrogen) atoms. The van der Waals surface area contributed by atoms with Crippen LogP contribution in [0.1, 0.15) is 22.5 Å². The van der Waals surface area contributed by atoms with Gasteiger partial charge in [0.2, 0.25) is 0 Å². The van der Waals surface area contributed by atoms with Gasteiger partial charge in [-0.1, -0.05) is 176 Å². The maximum absolute atomic E-state index is 6.66. The fourth-order valence-electron chi connectivity index (χ4n) is 11.7. The Hall–Kier alpha value is -9.39. The summed E-state index contributed by atoms with van der Waals surface area (Å²) in [6.07, 6.45) is 0. The van der Waals surface area contributed by atoms with Crippen LogP contribution in [0.25, 0.3) is 111 Å². The molecule has 0 unspecified atom stereocenters. The van der Waals surface area contributed by atoms with Crippen LogP contribution < -0.4 is 0 Å². The summed E-state index contributed by atoms with van der Waals surface area (Å²) in [6, 6.07) is 84.1. The standard InChI is InChI=1S/C64H39N5O/c1-2-19-42(20-3-1)68-54-31-12-8-26-48(54)49-37-36-41(39-57(49)68)62-65-61(40-18-16-21-43(38-40)69-55-32-13-6-24-46(55)47-25-7-14-33-56(47)69)66-63(67-62)64(51-28-10-4-22-44(51)45-23-5-11-29-52(45)64)53-30-17-35-59-60(53)50-27-9-15-34-58(50)70-59/h1-39H. The molecule has 0 aliphatic heterocycles. The molecule has 0 bridgehead atoms. The highest BCUT2D eigenvalue weighted by Crippen LogP contribution is 2.57. The quantitative estimate of drug-likeness (QED) is 0.167. The lowest BCUT2D eigenvalue weighted by molar-refractivity contribution is 0.665.